The van der Waals surface area contributed by atoms with Crippen molar-refractivity contribution in [2.75, 3.05) is 11.8 Å². The van der Waals surface area contributed by atoms with Crippen LogP contribution in [0.5, 0.6) is 0 Å². The minimum absolute atomic E-state index is 1.57. The number of rotatable bonds is 4. The van der Waals surface area contributed by atoms with Crippen LogP contribution in [-0.2, 0) is 0 Å². The van der Waals surface area contributed by atoms with Gasteiger partial charge in [0.05, 0.1) is 11.8 Å². The molecule has 0 aliphatic heterocycles. The molecule has 1 nitrogen and oxygen atoms in total. The van der Waals surface area contributed by atoms with Crippen LogP contribution in [0, 0.1) is 0 Å². The third-order valence-electron chi connectivity index (χ3n) is 1.78. The normalized spacial score (nSPS) is 15.4. The fourth-order valence-electron chi connectivity index (χ4n) is 0.674. The topological polar surface area (TPSA) is 20.2 Å². The van der Waals surface area contributed by atoms with Crippen LogP contribution in [0.15, 0.2) is 0 Å². The summed E-state index contributed by atoms with van der Waals surface area (Å²) >= 11 is 9.47. The fourth-order valence-corrected chi connectivity index (χ4v) is 1.30. The molecule has 0 spiro atoms. The smallest absolute Gasteiger partial charge is 0.381 e. The van der Waals surface area contributed by atoms with Crippen LogP contribution < -0.4 is 0 Å². The number of alkyl halides is 9. The Hall–Kier alpha value is 0.0500. The molecular weight excluding hydrogens is 292 g/mol. The molecular formula is C6H5Cl2F7O. The van der Waals surface area contributed by atoms with Gasteiger partial charge < -0.3 is 5.11 Å². The lowest BCUT2D eigenvalue weighted by Crippen LogP contribution is -2.65. The molecule has 0 rings (SSSR count). The lowest BCUT2D eigenvalue weighted by Gasteiger charge is -2.37. The van der Waals surface area contributed by atoms with E-state index in [1.54, 1.807) is 0 Å². The van der Waals surface area contributed by atoms with Gasteiger partial charge in [-0.15, -0.1) is 23.2 Å². The van der Waals surface area contributed by atoms with Gasteiger partial charge in [-0.25, -0.2) is 0 Å². The molecule has 0 bridgehead atoms. The van der Waals surface area contributed by atoms with Crippen molar-refractivity contribution in [3.8, 4) is 0 Å². The Morgan fingerprint density at radius 2 is 1.06 bits per heavy atom. The van der Waals surface area contributed by atoms with Crippen molar-refractivity contribution in [2.24, 2.45) is 0 Å². The summed E-state index contributed by atoms with van der Waals surface area (Å²) in [6.07, 6.45) is -6.53. The van der Waals surface area contributed by atoms with E-state index in [1.807, 2.05) is 0 Å². The lowest BCUT2D eigenvalue weighted by molar-refractivity contribution is -0.382. The van der Waals surface area contributed by atoms with Crippen LogP contribution in [0.4, 0.5) is 30.7 Å². The second-order valence-electron chi connectivity index (χ2n) is 2.95. The molecule has 10 heteroatoms. The van der Waals surface area contributed by atoms with Crippen LogP contribution in [0.2, 0.25) is 0 Å². The summed E-state index contributed by atoms with van der Waals surface area (Å²) < 4.78 is 85.7. The van der Waals surface area contributed by atoms with Gasteiger partial charge in [0.15, 0.2) is 5.60 Å². The first-order valence-corrected chi connectivity index (χ1v) is 4.61. The molecule has 0 heterocycles. The zero-order valence-corrected chi connectivity index (χ0v) is 8.77. The Bertz CT molecular complexity index is 248. The highest BCUT2D eigenvalue weighted by atomic mass is 35.5. The Morgan fingerprint density at radius 3 is 1.25 bits per heavy atom. The molecule has 0 radical (unpaired) electrons. The predicted molar refractivity (Wildman–Crippen MR) is 42.3 cm³/mol. The maximum Gasteiger partial charge on any atom is 0.459 e. The minimum atomic E-state index is -6.53. The molecule has 0 aromatic heterocycles. The van der Waals surface area contributed by atoms with Crippen molar-refractivity contribution in [3.05, 3.63) is 0 Å². The van der Waals surface area contributed by atoms with Crippen LogP contribution in [0.3, 0.4) is 0 Å². The Balaban J connectivity index is 5.51. The van der Waals surface area contributed by atoms with Gasteiger partial charge in [0, 0.05) is 0 Å². The van der Waals surface area contributed by atoms with E-state index >= 15 is 0 Å². The third kappa shape index (κ3) is 2.19. The van der Waals surface area contributed by atoms with Gasteiger partial charge in [-0.2, -0.15) is 30.7 Å². The molecule has 1 N–H and O–H groups in total. The Morgan fingerprint density at radius 1 is 0.750 bits per heavy atom. The standard InChI is InChI=1S/C6H5Cl2F7O/c7-1-3(16,2-8)4(9,10)5(11,12)6(13,14)15/h16H,1-2H2. The van der Waals surface area contributed by atoms with Crippen molar-refractivity contribution in [2.45, 2.75) is 23.6 Å². The largest absolute Gasteiger partial charge is 0.459 e. The van der Waals surface area contributed by atoms with Gasteiger partial charge in [0.1, 0.15) is 0 Å². The molecule has 0 unspecified atom stereocenters. The van der Waals surface area contributed by atoms with Crippen LogP contribution in [0.1, 0.15) is 0 Å². The summed E-state index contributed by atoms with van der Waals surface area (Å²) in [7, 11) is 0. The van der Waals surface area contributed by atoms with Gasteiger partial charge >= 0.3 is 18.0 Å². The SMILES string of the molecule is OC(CCl)(CCl)C(F)(F)C(F)(F)C(F)(F)F. The van der Waals surface area contributed by atoms with Crippen LogP contribution in [-0.4, -0.2) is 40.5 Å². The van der Waals surface area contributed by atoms with Crippen molar-refractivity contribution in [1.82, 2.24) is 0 Å². The van der Waals surface area contributed by atoms with E-state index in [9.17, 15) is 30.7 Å². The van der Waals surface area contributed by atoms with E-state index < -0.39 is 35.4 Å². The van der Waals surface area contributed by atoms with Crippen molar-refractivity contribution in [3.63, 3.8) is 0 Å². The molecule has 0 aromatic carbocycles. The van der Waals surface area contributed by atoms with Gasteiger partial charge in [0.25, 0.3) is 0 Å². The van der Waals surface area contributed by atoms with Crippen molar-refractivity contribution < 1.29 is 35.8 Å². The minimum Gasteiger partial charge on any atom is -0.381 e. The molecule has 0 aromatic rings. The van der Waals surface area contributed by atoms with Crippen molar-refractivity contribution in [1.29, 1.82) is 0 Å². The van der Waals surface area contributed by atoms with Crippen LogP contribution in [0.25, 0.3) is 0 Å². The van der Waals surface area contributed by atoms with Gasteiger partial charge in [-0.05, 0) is 0 Å². The molecule has 0 aliphatic carbocycles. The monoisotopic (exact) mass is 296 g/mol. The summed E-state index contributed by atoms with van der Waals surface area (Å²) in [5, 5.41) is 8.86. The summed E-state index contributed by atoms with van der Waals surface area (Å²) in [5.74, 6) is -15.4. The first-order valence-electron chi connectivity index (χ1n) is 3.54. The average Bonchev–Trinajstić information content (AvgIpc) is 2.14. The highest BCUT2D eigenvalue weighted by Crippen LogP contribution is 2.51. The summed E-state index contributed by atoms with van der Waals surface area (Å²) in [5.41, 5.74) is -3.85. The van der Waals surface area contributed by atoms with E-state index in [4.69, 9.17) is 28.3 Å². The van der Waals surface area contributed by atoms with E-state index in [1.165, 1.54) is 0 Å². The Kier molecular flexibility index (Phi) is 4.39. The molecule has 0 aliphatic rings. The van der Waals surface area contributed by atoms with Crippen molar-refractivity contribution >= 4 is 23.2 Å². The molecule has 0 saturated heterocycles. The highest BCUT2D eigenvalue weighted by Gasteiger charge is 2.79. The molecule has 0 amide bonds. The molecule has 0 atom stereocenters. The zero-order valence-electron chi connectivity index (χ0n) is 7.26. The maximum absolute atomic E-state index is 12.9. The van der Waals surface area contributed by atoms with E-state index in [2.05, 4.69) is 0 Å². The highest BCUT2D eigenvalue weighted by molar-refractivity contribution is 6.22. The van der Waals surface area contributed by atoms with Gasteiger partial charge in [0.2, 0.25) is 0 Å². The maximum atomic E-state index is 12.9. The third-order valence-corrected chi connectivity index (χ3v) is 2.66. The second kappa shape index (κ2) is 4.38. The quantitative estimate of drug-likeness (QED) is 0.624. The predicted octanol–water partition coefficient (Wildman–Crippen LogP) is 3.03. The molecule has 98 valence electrons. The second-order valence-corrected chi connectivity index (χ2v) is 3.48. The van der Waals surface area contributed by atoms with Gasteiger partial charge in [-0.3, -0.25) is 0 Å². The first-order chi connectivity index (χ1) is 6.87. The number of hydrogen-bond acceptors (Lipinski definition) is 1. The Labute approximate surface area is 95.1 Å². The molecule has 0 saturated carbocycles. The molecule has 16 heavy (non-hydrogen) atoms. The zero-order chi connectivity index (χ0) is 13.4. The van der Waals surface area contributed by atoms with E-state index in [0.717, 1.165) is 0 Å². The van der Waals surface area contributed by atoms with E-state index in [0.29, 0.717) is 0 Å². The van der Waals surface area contributed by atoms with E-state index in [-0.39, 0.29) is 0 Å². The van der Waals surface area contributed by atoms with Crippen LogP contribution >= 0.6 is 23.2 Å². The summed E-state index contributed by atoms with van der Waals surface area (Å²) in [6, 6.07) is 0. The lowest BCUT2D eigenvalue weighted by atomic mass is 9.94. The number of aliphatic hydroxyl groups is 1. The number of hydrogen-bond donors (Lipinski definition) is 1. The summed E-state index contributed by atoms with van der Waals surface area (Å²) in [4.78, 5) is 0. The fraction of sp³-hybridized carbons (Fsp3) is 1.00. The van der Waals surface area contributed by atoms with Gasteiger partial charge in [-0.1, -0.05) is 0 Å². The average molecular weight is 297 g/mol. The summed E-state index contributed by atoms with van der Waals surface area (Å²) in [6.45, 7) is 0. The molecule has 0 fully saturated rings. The number of halogens is 9. The first kappa shape index (κ1) is 16.1.